The molecular weight excluding hydrogens is 382 g/mol. The standard InChI is InChI=1S/C22H36F2O5/c1-21(2,3)22(23,24)28-15-19(29-20(26)17-12-8-5-9-13-17)27-14-18(25)16-10-6-4-7-11-16/h16-17,19H,4-15H2,1-3H3. The molecule has 0 amide bonds. The highest BCUT2D eigenvalue weighted by Gasteiger charge is 2.45. The van der Waals surface area contributed by atoms with E-state index in [0.717, 1.165) is 64.2 Å². The Bertz CT molecular complexity index is 532. The summed E-state index contributed by atoms with van der Waals surface area (Å²) in [5.74, 6) is -0.823. The summed E-state index contributed by atoms with van der Waals surface area (Å²) in [6.07, 6.45) is 4.51. The van der Waals surface area contributed by atoms with Crippen molar-refractivity contribution in [2.24, 2.45) is 17.3 Å². The van der Waals surface area contributed by atoms with E-state index < -0.39 is 30.4 Å². The Morgan fingerprint density at radius 1 is 0.897 bits per heavy atom. The number of carbonyl (C=O) groups is 2. The van der Waals surface area contributed by atoms with Crippen LogP contribution in [0.5, 0.6) is 0 Å². The van der Waals surface area contributed by atoms with Gasteiger partial charge in [-0.3, -0.25) is 9.59 Å². The van der Waals surface area contributed by atoms with E-state index in [9.17, 15) is 18.4 Å². The molecule has 2 saturated carbocycles. The third-order valence-corrected chi connectivity index (χ3v) is 5.93. The van der Waals surface area contributed by atoms with E-state index in [1.54, 1.807) is 0 Å². The van der Waals surface area contributed by atoms with E-state index in [1.807, 2.05) is 0 Å². The molecule has 0 bridgehead atoms. The number of esters is 1. The summed E-state index contributed by atoms with van der Waals surface area (Å²) in [4.78, 5) is 24.8. The Kier molecular flexibility index (Phi) is 9.01. The van der Waals surface area contributed by atoms with Crippen LogP contribution in [0, 0.1) is 17.3 Å². The Morgan fingerprint density at radius 3 is 1.93 bits per heavy atom. The number of hydrogen-bond donors (Lipinski definition) is 0. The number of ketones is 1. The smallest absolute Gasteiger partial charge is 0.360 e. The van der Waals surface area contributed by atoms with E-state index in [4.69, 9.17) is 14.2 Å². The van der Waals surface area contributed by atoms with Crippen LogP contribution in [0.3, 0.4) is 0 Å². The lowest BCUT2D eigenvalue weighted by atomic mass is 9.86. The van der Waals surface area contributed by atoms with Gasteiger partial charge in [-0.05, 0) is 25.7 Å². The predicted octanol–water partition coefficient (Wildman–Crippen LogP) is 5.26. The number of carbonyl (C=O) groups excluding carboxylic acids is 2. The number of hydrogen-bond acceptors (Lipinski definition) is 5. The van der Waals surface area contributed by atoms with Gasteiger partial charge in [-0.1, -0.05) is 59.3 Å². The minimum Gasteiger partial charge on any atom is -0.433 e. The Morgan fingerprint density at radius 2 is 1.41 bits per heavy atom. The van der Waals surface area contributed by atoms with E-state index in [2.05, 4.69) is 0 Å². The highest BCUT2D eigenvalue weighted by Crippen LogP contribution is 2.37. The number of rotatable bonds is 9. The van der Waals surface area contributed by atoms with Crippen LogP contribution in [0.2, 0.25) is 0 Å². The summed E-state index contributed by atoms with van der Waals surface area (Å²) >= 11 is 0. The van der Waals surface area contributed by atoms with E-state index in [-0.39, 0.29) is 24.2 Å². The Hall–Kier alpha value is -1.08. The van der Waals surface area contributed by atoms with Crippen molar-refractivity contribution in [2.45, 2.75) is 97.4 Å². The molecule has 0 aromatic carbocycles. The van der Waals surface area contributed by atoms with Crippen LogP contribution in [0.25, 0.3) is 0 Å². The molecule has 7 heteroatoms. The van der Waals surface area contributed by atoms with E-state index in [0.29, 0.717) is 0 Å². The molecule has 0 radical (unpaired) electrons. The number of alkyl halides is 2. The second-order valence-corrected chi connectivity index (χ2v) is 9.39. The minimum absolute atomic E-state index is 0.0598. The van der Waals surface area contributed by atoms with Crippen LogP contribution < -0.4 is 0 Å². The Labute approximate surface area is 172 Å². The molecule has 2 fully saturated rings. The predicted molar refractivity (Wildman–Crippen MR) is 104 cm³/mol. The van der Waals surface area contributed by atoms with E-state index in [1.165, 1.54) is 20.8 Å². The third-order valence-electron chi connectivity index (χ3n) is 5.93. The third kappa shape index (κ3) is 7.59. The lowest BCUT2D eigenvalue weighted by molar-refractivity contribution is -0.316. The van der Waals surface area contributed by atoms with Crippen molar-refractivity contribution < 1.29 is 32.6 Å². The molecule has 168 valence electrons. The monoisotopic (exact) mass is 418 g/mol. The maximum Gasteiger partial charge on any atom is 0.360 e. The van der Waals surface area contributed by atoms with Gasteiger partial charge >= 0.3 is 12.1 Å². The van der Waals surface area contributed by atoms with Crippen LogP contribution in [0.15, 0.2) is 0 Å². The molecule has 5 nitrogen and oxygen atoms in total. The first-order valence-electron chi connectivity index (χ1n) is 11.0. The van der Waals surface area contributed by atoms with Gasteiger partial charge in [0.05, 0.1) is 11.3 Å². The average molecular weight is 419 g/mol. The lowest BCUT2D eigenvalue weighted by Crippen LogP contribution is -2.41. The van der Waals surface area contributed by atoms with Gasteiger partial charge < -0.3 is 14.2 Å². The van der Waals surface area contributed by atoms with Gasteiger partial charge in [-0.25, -0.2) is 0 Å². The fraction of sp³-hybridized carbons (Fsp3) is 0.909. The van der Waals surface area contributed by atoms with Crippen molar-refractivity contribution >= 4 is 11.8 Å². The van der Waals surface area contributed by atoms with Crippen LogP contribution >= 0.6 is 0 Å². The maximum atomic E-state index is 14.2. The number of ether oxygens (including phenoxy) is 3. The van der Waals surface area contributed by atoms with Crippen molar-refractivity contribution in [3.8, 4) is 0 Å². The summed E-state index contributed by atoms with van der Waals surface area (Å²) in [6.45, 7) is 3.23. The molecule has 0 spiro atoms. The molecule has 0 aliphatic heterocycles. The molecule has 1 unspecified atom stereocenters. The molecular formula is C22H36F2O5. The fourth-order valence-corrected chi connectivity index (χ4v) is 3.79. The second kappa shape index (κ2) is 10.8. The normalized spacial score (nSPS) is 21.0. The van der Waals surface area contributed by atoms with Crippen molar-refractivity contribution in [1.29, 1.82) is 0 Å². The van der Waals surface area contributed by atoms with Gasteiger partial charge in [-0.15, -0.1) is 0 Å². The molecule has 2 aliphatic carbocycles. The first-order chi connectivity index (χ1) is 13.6. The molecule has 0 heterocycles. The highest BCUT2D eigenvalue weighted by molar-refractivity contribution is 5.82. The fourth-order valence-electron chi connectivity index (χ4n) is 3.79. The molecule has 29 heavy (non-hydrogen) atoms. The van der Waals surface area contributed by atoms with Crippen LogP contribution in [0.4, 0.5) is 8.78 Å². The zero-order chi connectivity index (χ0) is 21.5. The average Bonchev–Trinajstić information content (AvgIpc) is 2.70. The summed E-state index contributed by atoms with van der Waals surface area (Å²) in [5, 5.41) is 0. The quantitative estimate of drug-likeness (QED) is 0.378. The molecule has 0 saturated heterocycles. The molecule has 1 atom stereocenters. The number of Topliss-reactive ketones (excluding diaryl/α,β-unsaturated/α-hetero) is 1. The van der Waals surface area contributed by atoms with Gasteiger partial charge in [0.1, 0.15) is 13.2 Å². The van der Waals surface area contributed by atoms with Crippen molar-refractivity contribution in [3.05, 3.63) is 0 Å². The molecule has 0 aromatic rings. The summed E-state index contributed by atoms with van der Waals surface area (Å²) in [5.41, 5.74) is -1.41. The first-order valence-corrected chi connectivity index (χ1v) is 11.0. The minimum atomic E-state index is -3.42. The molecule has 2 rings (SSSR count). The highest BCUT2D eigenvalue weighted by atomic mass is 19.3. The van der Waals surface area contributed by atoms with Gasteiger partial charge in [-0.2, -0.15) is 8.78 Å². The SMILES string of the molecule is CC(C)(C)C(F)(F)OCC(OCC(=O)C1CCCCC1)OC(=O)C1CCCCC1. The van der Waals surface area contributed by atoms with Gasteiger partial charge in [0.2, 0.25) is 6.29 Å². The second-order valence-electron chi connectivity index (χ2n) is 9.39. The maximum absolute atomic E-state index is 14.2. The van der Waals surface area contributed by atoms with E-state index >= 15 is 0 Å². The van der Waals surface area contributed by atoms with Gasteiger partial charge in [0.25, 0.3) is 0 Å². The molecule has 0 N–H and O–H groups in total. The summed E-state index contributed by atoms with van der Waals surface area (Å²) in [7, 11) is 0. The van der Waals surface area contributed by atoms with Gasteiger partial charge in [0.15, 0.2) is 5.78 Å². The van der Waals surface area contributed by atoms with Gasteiger partial charge in [0, 0.05) is 5.92 Å². The van der Waals surface area contributed by atoms with Crippen LogP contribution in [0.1, 0.15) is 85.0 Å². The first kappa shape index (κ1) is 24.2. The van der Waals surface area contributed by atoms with Crippen LogP contribution in [-0.2, 0) is 23.8 Å². The largest absolute Gasteiger partial charge is 0.433 e. The Balaban J connectivity index is 1.93. The lowest BCUT2D eigenvalue weighted by Gasteiger charge is -2.31. The molecule has 0 aromatic heterocycles. The zero-order valence-corrected chi connectivity index (χ0v) is 18.0. The van der Waals surface area contributed by atoms with Crippen molar-refractivity contribution in [2.75, 3.05) is 13.2 Å². The van der Waals surface area contributed by atoms with Crippen molar-refractivity contribution in [3.63, 3.8) is 0 Å². The number of halogens is 2. The van der Waals surface area contributed by atoms with Crippen LogP contribution in [-0.4, -0.2) is 37.4 Å². The summed E-state index contributed by atoms with van der Waals surface area (Å²) < 4.78 is 44.0. The van der Waals surface area contributed by atoms with Crippen molar-refractivity contribution in [1.82, 2.24) is 0 Å². The molecule has 2 aliphatic rings. The topological polar surface area (TPSA) is 61.8 Å². The summed E-state index contributed by atoms with van der Waals surface area (Å²) in [6, 6.07) is 0. The zero-order valence-electron chi connectivity index (χ0n) is 18.0.